The lowest BCUT2D eigenvalue weighted by molar-refractivity contribution is -0.113. The van der Waals surface area contributed by atoms with Gasteiger partial charge in [0.15, 0.2) is 5.78 Å². The molecule has 0 radical (unpaired) electrons. The second-order valence-corrected chi connectivity index (χ2v) is 9.91. The Bertz CT molecular complexity index is 1150. The van der Waals surface area contributed by atoms with Gasteiger partial charge in [0.25, 0.3) is 0 Å². The third kappa shape index (κ3) is 17.1. The first-order chi connectivity index (χ1) is 20.3. The molecule has 0 aliphatic carbocycles. The van der Waals surface area contributed by atoms with Crippen LogP contribution in [0.25, 0.3) is 0 Å². The summed E-state index contributed by atoms with van der Waals surface area (Å²) in [4.78, 5) is 15.5. The molecular formula is C40H55NO. The number of benzene rings is 3. The molecule has 0 saturated heterocycles. The first-order valence-corrected chi connectivity index (χ1v) is 15.4. The zero-order valence-electron chi connectivity index (χ0n) is 27.7. The standard InChI is InChI=1S/C14H14.C11H19NO.C9H12.C6H10/c1-12(13-8-4-2-5-9-13)14-10-6-3-7-11-14;1-5-8-11(12-7-3)10(6-2)9(4)13;1-3-9-6-4-8(2)5-7-9;1-3-5-6-4-2/h2-12H,1H3;7H,5-6,8H2,1-4H3;4-7H,3H2,1-2H3;3-6H,1-2H3/b;11-10-,12-7?;;5-3-,6-4-. The van der Waals surface area contributed by atoms with Gasteiger partial charge in [-0.05, 0) is 70.6 Å². The second kappa shape index (κ2) is 25.0. The first kappa shape index (κ1) is 38.2. The Labute approximate surface area is 258 Å². The topological polar surface area (TPSA) is 29.4 Å². The highest BCUT2D eigenvalue weighted by Crippen LogP contribution is 2.23. The number of hydrogen-bond donors (Lipinski definition) is 0. The van der Waals surface area contributed by atoms with Crippen LogP contribution < -0.4 is 0 Å². The molecule has 0 aromatic heterocycles. The van der Waals surface area contributed by atoms with Crippen LogP contribution in [0.3, 0.4) is 0 Å². The van der Waals surface area contributed by atoms with Crippen LogP contribution in [0.4, 0.5) is 0 Å². The highest BCUT2D eigenvalue weighted by Gasteiger charge is 2.07. The average Bonchev–Trinajstić information content (AvgIpc) is 3.02. The minimum absolute atomic E-state index is 0.150. The summed E-state index contributed by atoms with van der Waals surface area (Å²) < 4.78 is 0. The molecule has 0 spiro atoms. The van der Waals surface area contributed by atoms with Crippen molar-refractivity contribution in [2.75, 3.05) is 0 Å². The smallest absolute Gasteiger partial charge is 0.157 e. The van der Waals surface area contributed by atoms with Crippen LogP contribution in [-0.4, -0.2) is 12.0 Å². The molecule has 0 aliphatic heterocycles. The summed E-state index contributed by atoms with van der Waals surface area (Å²) in [7, 11) is 0. The fourth-order valence-electron chi connectivity index (χ4n) is 4.06. The van der Waals surface area contributed by atoms with Gasteiger partial charge in [-0.3, -0.25) is 9.79 Å². The SMILES string of the molecule is C/C=C\C=C/C.CC(c1ccccc1)c1ccccc1.CC=N/C(CCC)=C(/CC)C(C)=O.CCc1ccc(C)cc1. The number of rotatable bonds is 9. The number of ketones is 1. The van der Waals surface area contributed by atoms with Crippen molar-refractivity contribution in [2.45, 2.75) is 93.9 Å². The molecule has 0 unspecified atom stereocenters. The molecule has 42 heavy (non-hydrogen) atoms. The first-order valence-electron chi connectivity index (χ1n) is 15.4. The average molecular weight is 566 g/mol. The van der Waals surface area contributed by atoms with E-state index in [0.717, 1.165) is 37.0 Å². The Kier molecular flexibility index (Phi) is 22.7. The normalized spacial score (nSPS) is 11.3. The minimum atomic E-state index is 0.150. The third-order valence-corrected chi connectivity index (χ3v) is 6.52. The summed E-state index contributed by atoms with van der Waals surface area (Å²) in [6, 6.07) is 29.8. The predicted octanol–water partition coefficient (Wildman–Crippen LogP) is 11.7. The summed E-state index contributed by atoms with van der Waals surface area (Å²) in [5, 5.41) is 0. The van der Waals surface area contributed by atoms with Gasteiger partial charge < -0.3 is 0 Å². The maximum Gasteiger partial charge on any atom is 0.157 e. The lowest BCUT2D eigenvalue weighted by atomic mass is 9.93. The van der Waals surface area contributed by atoms with Gasteiger partial charge in [-0.1, -0.05) is 149 Å². The fourth-order valence-corrected chi connectivity index (χ4v) is 4.06. The number of allylic oxidation sites excluding steroid dienone is 6. The maximum absolute atomic E-state index is 11.2. The van der Waals surface area contributed by atoms with Crippen LogP contribution in [0.5, 0.6) is 0 Å². The van der Waals surface area contributed by atoms with Crippen LogP contribution in [-0.2, 0) is 11.2 Å². The number of aliphatic imine (C=N–C) groups is 1. The van der Waals surface area contributed by atoms with Gasteiger partial charge in [-0.2, -0.15) is 0 Å². The molecule has 0 aliphatic rings. The molecule has 226 valence electrons. The monoisotopic (exact) mass is 565 g/mol. The summed E-state index contributed by atoms with van der Waals surface area (Å²) >= 11 is 0. The van der Waals surface area contributed by atoms with E-state index in [1.54, 1.807) is 13.1 Å². The summed E-state index contributed by atoms with van der Waals surface area (Å²) in [5.74, 6) is 0.633. The molecule has 0 heterocycles. The molecular weight excluding hydrogens is 510 g/mol. The molecule has 3 aromatic carbocycles. The van der Waals surface area contributed by atoms with Crippen LogP contribution in [0.15, 0.2) is 125 Å². The van der Waals surface area contributed by atoms with Crippen molar-refractivity contribution >= 4 is 12.0 Å². The number of nitrogens with zero attached hydrogens (tertiary/aromatic N) is 1. The van der Waals surface area contributed by atoms with Crippen molar-refractivity contribution in [1.29, 1.82) is 0 Å². The zero-order valence-corrected chi connectivity index (χ0v) is 27.7. The van der Waals surface area contributed by atoms with E-state index in [9.17, 15) is 4.79 Å². The number of carbonyl (C=O) groups is 1. The Hall–Kier alpha value is -3.78. The molecule has 0 bridgehead atoms. The summed E-state index contributed by atoms with van der Waals surface area (Å²) in [6.45, 7) is 18.1. The molecule has 0 amide bonds. The predicted molar refractivity (Wildman–Crippen MR) is 188 cm³/mol. The molecule has 0 saturated carbocycles. The lowest BCUT2D eigenvalue weighted by Crippen LogP contribution is -1.99. The maximum atomic E-state index is 11.2. The Balaban J connectivity index is 0.000000558. The molecule has 0 N–H and O–H groups in total. The quantitative estimate of drug-likeness (QED) is 0.144. The van der Waals surface area contributed by atoms with E-state index in [1.165, 1.54) is 22.3 Å². The number of carbonyl (C=O) groups excluding carboxylic acids is 1. The Morgan fingerprint density at radius 1 is 0.762 bits per heavy atom. The molecule has 0 atom stereocenters. The molecule has 3 aromatic rings. The number of Topliss-reactive ketones (excluding diaryl/α,β-unsaturated/α-hetero) is 1. The van der Waals surface area contributed by atoms with Crippen LogP contribution in [0, 0.1) is 6.92 Å². The Morgan fingerprint density at radius 3 is 1.57 bits per heavy atom. The van der Waals surface area contributed by atoms with Gasteiger partial charge in [-0.25, -0.2) is 0 Å². The van der Waals surface area contributed by atoms with Gasteiger partial charge in [0.1, 0.15) is 0 Å². The van der Waals surface area contributed by atoms with Crippen LogP contribution >= 0.6 is 0 Å². The van der Waals surface area contributed by atoms with E-state index < -0.39 is 0 Å². The van der Waals surface area contributed by atoms with E-state index in [2.05, 4.69) is 118 Å². The van der Waals surface area contributed by atoms with Gasteiger partial charge in [0, 0.05) is 23.4 Å². The van der Waals surface area contributed by atoms with Crippen molar-refractivity contribution in [2.24, 2.45) is 4.99 Å². The van der Waals surface area contributed by atoms with Crippen molar-refractivity contribution in [3.63, 3.8) is 0 Å². The lowest BCUT2D eigenvalue weighted by Gasteiger charge is -2.11. The molecule has 0 fully saturated rings. The fraction of sp³-hybridized carbons (Fsp3) is 0.350. The molecule has 3 rings (SSSR count). The third-order valence-electron chi connectivity index (χ3n) is 6.52. The van der Waals surface area contributed by atoms with Crippen molar-refractivity contribution in [3.05, 3.63) is 143 Å². The van der Waals surface area contributed by atoms with Gasteiger partial charge in [0.2, 0.25) is 0 Å². The summed E-state index contributed by atoms with van der Waals surface area (Å²) in [6.07, 6.45) is 13.6. The molecule has 2 nitrogen and oxygen atoms in total. The van der Waals surface area contributed by atoms with Gasteiger partial charge >= 0.3 is 0 Å². The number of hydrogen-bond acceptors (Lipinski definition) is 2. The molecule has 2 heteroatoms. The zero-order chi connectivity index (χ0) is 31.6. The largest absolute Gasteiger partial charge is 0.295 e. The Morgan fingerprint density at radius 2 is 1.24 bits per heavy atom. The van der Waals surface area contributed by atoms with Crippen molar-refractivity contribution in [3.8, 4) is 0 Å². The highest BCUT2D eigenvalue weighted by molar-refractivity contribution is 5.94. The van der Waals surface area contributed by atoms with E-state index in [-0.39, 0.29) is 5.78 Å². The van der Waals surface area contributed by atoms with Crippen molar-refractivity contribution < 1.29 is 4.79 Å². The van der Waals surface area contributed by atoms with E-state index >= 15 is 0 Å². The van der Waals surface area contributed by atoms with Crippen molar-refractivity contribution in [1.82, 2.24) is 0 Å². The van der Waals surface area contributed by atoms with Crippen LogP contribution in [0.2, 0.25) is 0 Å². The second-order valence-electron chi connectivity index (χ2n) is 9.91. The van der Waals surface area contributed by atoms with E-state index in [4.69, 9.17) is 0 Å². The van der Waals surface area contributed by atoms with Gasteiger partial charge in [0.05, 0.1) is 0 Å². The minimum Gasteiger partial charge on any atom is -0.295 e. The highest BCUT2D eigenvalue weighted by atomic mass is 16.1. The van der Waals surface area contributed by atoms with Gasteiger partial charge in [-0.15, -0.1) is 0 Å². The number of aryl methyl sites for hydroxylation is 2. The van der Waals surface area contributed by atoms with E-state index in [1.807, 2.05) is 52.0 Å². The van der Waals surface area contributed by atoms with E-state index in [0.29, 0.717) is 5.92 Å². The van der Waals surface area contributed by atoms with Crippen LogP contribution in [0.1, 0.15) is 103 Å². The summed E-state index contributed by atoms with van der Waals surface area (Å²) in [5.41, 5.74) is 7.34.